The van der Waals surface area contributed by atoms with Crippen molar-refractivity contribution in [2.75, 3.05) is 6.61 Å². The fourth-order valence-corrected chi connectivity index (χ4v) is 2.01. The van der Waals surface area contributed by atoms with Gasteiger partial charge in [-0.25, -0.2) is 0 Å². The second-order valence-electron chi connectivity index (χ2n) is 3.80. The molecule has 0 spiro atoms. The molecule has 3 aromatic rings. The van der Waals surface area contributed by atoms with Crippen molar-refractivity contribution < 1.29 is 4.74 Å². The van der Waals surface area contributed by atoms with Gasteiger partial charge in [-0.3, -0.25) is 0 Å². The van der Waals surface area contributed by atoms with E-state index >= 15 is 0 Å². The average molecular weight is 224 g/mol. The number of hydrogen-bond donors (Lipinski definition) is 0. The molecule has 2 aromatic carbocycles. The van der Waals surface area contributed by atoms with Crippen molar-refractivity contribution in [2.24, 2.45) is 0 Å². The quantitative estimate of drug-likeness (QED) is 0.627. The zero-order valence-corrected chi connectivity index (χ0v) is 9.55. The summed E-state index contributed by atoms with van der Waals surface area (Å²) in [4.78, 5) is 0. The van der Waals surface area contributed by atoms with Crippen LogP contribution in [-0.2, 0) is 0 Å². The standard InChI is InChI=1S/C14H12N2O/c1-2-17-13-9-5-7-11-10-6-3-4-8-12(10)15-16-14(11)13/h3-9H,2H2,1H3. The van der Waals surface area contributed by atoms with Crippen LogP contribution in [0.4, 0.5) is 0 Å². The molecular weight excluding hydrogens is 212 g/mol. The van der Waals surface area contributed by atoms with Crippen molar-refractivity contribution >= 4 is 21.8 Å². The summed E-state index contributed by atoms with van der Waals surface area (Å²) >= 11 is 0. The van der Waals surface area contributed by atoms with Gasteiger partial charge in [0.25, 0.3) is 0 Å². The number of fused-ring (bicyclic) bond motifs is 3. The molecule has 0 N–H and O–H groups in total. The maximum absolute atomic E-state index is 5.57. The lowest BCUT2D eigenvalue weighted by Crippen LogP contribution is -1.95. The molecule has 0 amide bonds. The molecule has 1 heterocycles. The number of hydrogen-bond acceptors (Lipinski definition) is 3. The smallest absolute Gasteiger partial charge is 0.147 e. The minimum atomic E-state index is 0.633. The first kappa shape index (κ1) is 10.0. The lowest BCUT2D eigenvalue weighted by molar-refractivity contribution is 0.343. The molecule has 84 valence electrons. The van der Waals surface area contributed by atoms with E-state index in [1.54, 1.807) is 0 Å². The molecule has 0 radical (unpaired) electrons. The molecule has 0 bridgehead atoms. The summed E-state index contributed by atoms with van der Waals surface area (Å²) in [5.41, 5.74) is 1.74. The lowest BCUT2D eigenvalue weighted by Gasteiger charge is -2.07. The Balaban J connectivity index is 2.40. The normalized spacial score (nSPS) is 10.9. The van der Waals surface area contributed by atoms with Crippen molar-refractivity contribution in [1.29, 1.82) is 0 Å². The van der Waals surface area contributed by atoms with Gasteiger partial charge >= 0.3 is 0 Å². The highest BCUT2D eigenvalue weighted by Gasteiger charge is 2.07. The van der Waals surface area contributed by atoms with Gasteiger partial charge in [0.2, 0.25) is 0 Å². The van der Waals surface area contributed by atoms with Gasteiger partial charge in [0, 0.05) is 10.8 Å². The van der Waals surface area contributed by atoms with Gasteiger partial charge in [0.15, 0.2) is 0 Å². The highest BCUT2D eigenvalue weighted by atomic mass is 16.5. The maximum Gasteiger partial charge on any atom is 0.147 e. The van der Waals surface area contributed by atoms with E-state index in [2.05, 4.69) is 22.3 Å². The highest BCUT2D eigenvalue weighted by molar-refractivity contribution is 6.05. The van der Waals surface area contributed by atoms with Crippen molar-refractivity contribution in [1.82, 2.24) is 10.2 Å². The Labute approximate surface area is 99.0 Å². The van der Waals surface area contributed by atoms with E-state index in [-0.39, 0.29) is 0 Å². The molecule has 3 heteroatoms. The molecular formula is C14H12N2O. The van der Waals surface area contributed by atoms with Crippen LogP contribution in [-0.4, -0.2) is 16.8 Å². The fraction of sp³-hybridized carbons (Fsp3) is 0.143. The number of rotatable bonds is 2. The third-order valence-electron chi connectivity index (χ3n) is 2.75. The third-order valence-corrected chi connectivity index (χ3v) is 2.75. The predicted octanol–water partition coefficient (Wildman–Crippen LogP) is 3.18. The Bertz CT molecular complexity index is 679. The van der Waals surface area contributed by atoms with Gasteiger partial charge in [-0.05, 0) is 19.1 Å². The molecule has 17 heavy (non-hydrogen) atoms. The van der Waals surface area contributed by atoms with Crippen LogP contribution in [0.1, 0.15) is 6.92 Å². The van der Waals surface area contributed by atoms with E-state index in [1.165, 1.54) is 0 Å². The van der Waals surface area contributed by atoms with E-state index < -0.39 is 0 Å². The SMILES string of the molecule is CCOc1cccc2c1nnc1ccccc12. The van der Waals surface area contributed by atoms with Crippen LogP contribution in [0.3, 0.4) is 0 Å². The number of aromatic nitrogens is 2. The third kappa shape index (κ3) is 1.60. The molecule has 0 saturated carbocycles. The molecule has 0 atom stereocenters. The van der Waals surface area contributed by atoms with E-state index in [1.807, 2.05) is 37.3 Å². The minimum Gasteiger partial charge on any atom is -0.492 e. The lowest BCUT2D eigenvalue weighted by atomic mass is 10.1. The Morgan fingerprint density at radius 2 is 1.76 bits per heavy atom. The molecule has 0 unspecified atom stereocenters. The zero-order valence-electron chi connectivity index (χ0n) is 9.55. The van der Waals surface area contributed by atoms with E-state index in [9.17, 15) is 0 Å². The molecule has 1 aromatic heterocycles. The molecule has 0 fully saturated rings. The maximum atomic E-state index is 5.57. The van der Waals surface area contributed by atoms with Gasteiger partial charge < -0.3 is 4.74 Å². The molecule has 0 aliphatic rings. The van der Waals surface area contributed by atoms with Crippen LogP contribution < -0.4 is 4.74 Å². The second-order valence-corrected chi connectivity index (χ2v) is 3.80. The monoisotopic (exact) mass is 224 g/mol. The molecule has 3 rings (SSSR count). The summed E-state index contributed by atoms with van der Waals surface area (Å²) < 4.78 is 5.57. The molecule has 0 saturated heterocycles. The van der Waals surface area contributed by atoms with Crippen LogP contribution in [0.25, 0.3) is 21.8 Å². The predicted molar refractivity (Wildman–Crippen MR) is 68.2 cm³/mol. The van der Waals surface area contributed by atoms with Crippen LogP contribution in [0.2, 0.25) is 0 Å². The first-order valence-electron chi connectivity index (χ1n) is 5.67. The average Bonchev–Trinajstić information content (AvgIpc) is 2.39. The van der Waals surface area contributed by atoms with Crippen LogP contribution in [0.15, 0.2) is 42.5 Å². The Morgan fingerprint density at radius 1 is 0.941 bits per heavy atom. The van der Waals surface area contributed by atoms with E-state index in [0.29, 0.717) is 6.61 Å². The molecule has 3 nitrogen and oxygen atoms in total. The van der Waals surface area contributed by atoms with Gasteiger partial charge in [0.05, 0.1) is 12.1 Å². The molecule has 0 aliphatic heterocycles. The molecule has 0 aliphatic carbocycles. The van der Waals surface area contributed by atoms with Crippen LogP contribution in [0, 0.1) is 0 Å². The summed E-state index contributed by atoms with van der Waals surface area (Å²) in [6.07, 6.45) is 0. The largest absolute Gasteiger partial charge is 0.492 e. The first-order valence-corrected chi connectivity index (χ1v) is 5.67. The summed E-state index contributed by atoms with van der Waals surface area (Å²) in [7, 11) is 0. The highest BCUT2D eigenvalue weighted by Crippen LogP contribution is 2.28. The Morgan fingerprint density at radius 3 is 2.65 bits per heavy atom. The van der Waals surface area contributed by atoms with Crippen LogP contribution in [0.5, 0.6) is 5.75 Å². The van der Waals surface area contributed by atoms with Crippen molar-refractivity contribution in [2.45, 2.75) is 6.92 Å². The van der Waals surface area contributed by atoms with Gasteiger partial charge in [-0.15, -0.1) is 10.2 Å². The topological polar surface area (TPSA) is 35.0 Å². The number of nitrogens with zero attached hydrogens (tertiary/aromatic N) is 2. The zero-order chi connectivity index (χ0) is 11.7. The van der Waals surface area contributed by atoms with Gasteiger partial charge in [0.1, 0.15) is 11.3 Å². The van der Waals surface area contributed by atoms with E-state index in [0.717, 1.165) is 27.6 Å². The summed E-state index contributed by atoms with van der Waals surface area (Å²) in [6.45, 7) is 2.60. The number of ether oxygens (including phenoxy) is 1. The van der Waals surface area contributed by atoms with Crippen molar-refractivity contribution in [3.8, 4) is 5.75 Å². The summed E-state index contributed by atoms with van der Waals surface area (Å²) in [5, 5.41) is 10.7. The van der Waals surface area contributed by atoms with Crippen LogP contribution >= 0.6 is 0 Å². The Hall–Kier alpha value is -2.16. The van der Waals surface area contributed by atoms with E-state index in [4.69, 9.17) is 4.74 Å². The first-order chi connectivity index (χ1) is 8.40. The van der Waals surface area contributed by atoms with Crippen molar-refractivity contribution in [3.05, 3.63) is 42.5 Å². The fourth-order valence-electron chi connectivity index (χ4n) is 2.01. The van der Waals surface area contributed by atoms with Crippen molar-refractivity contribution in [3.63, 3.8) is 0 Å². The number of benzene rings is 2. The van der Waals surface area contributed by atoms with Gasteiger partial charge in [-0.2, -0.15) is 0 Å². The second kappa shape index (κ2) is 4.01. The summed E-state index contributed by atoms with van der Waals surface area (Å²) in [6, 6.07) is 14.0. The summed E-state index contributed by atoms with van der Waals surface area (Å²) in [5.74, 6) is 0.795. The Kier molecular flexibility index (Phi) is 2.37. The van der Waals surface area contributed by atoms with Gasteiger partial charge in [-0.1, -0.05) is 30.3 Å². The minimum absolute atomic E-state index is 0.633.